The topological polar surface area (TPSA) is 49.5 Å². The lowest BCUT2D eigenvalue weighted by Crippen LogP contribution is -2.48. The highest BCUT2D eigenvalue weighted by Crippen LogP contribution is 2.41. The van der Waals surface area contributed by atoms with E-state index in [-0.39, 0.29) is 12.1 Å². The molecule has 3 rings (SSSR count). The minimum absolute atomic E-state index is 0.127. The molecule has 0 aliphatic carbocycles. The molecule has 2 heterocycles. The van der Waals surface area contributed by atoms with Crippen molar-refractivity contribution in [1.82, 2.24) is 4.90 Å². The first-order chi connectivity index (χ1) is 9.19. The lowest BCUT2D eigenvalue weighted by atomic mass is 9.95. The van der Waals surface area contributed by atoms with Gasteiger partial charge < -0.3 is 10.8 Å². The number of hydrogen-bond donors (Lipinski definition) is 2. The van der Waals surface area contributed by atoms with Crippen LogP contribution in [0, 0.1) is 0 Å². The first-order valence-corrected chi connectivity index (χ1v) is 7.48. The summed E-state index contributed by atoms with van der Waals surface area (Å²) in [6.07, 6.45) is 4.02. The van der Waals surface area contributed by atoms with Crippen LogP contribution in [0.15, 0.2) is 24.3 Å². The van der Waals surface area contributed by atoms with Gasteiger partial charge in [-0.1, -0.05) is 23.7 Å². The van der Waals surface area contributed by atoms with Crippen LogP contribution in [0.3, 0.4) is 0 Å². The van der Waals surface area contributed by atoms with Crippen LogP contribution in [-0.4, -0.2) is 34.7 Å². The Morgan fingerprint density at radius 1 is 1.21 bits per heavy atom. The Balaban J connectivity index is 1.85. The van der Waals surface area contributed by atoms with Crippen molar-refractivity contribution in [2.75, 3.05) is 6.54 Å². The number of nitrogens with two attached hydrogens (primary N) is 1. The van der Waals surface area contributed by atoms with Crippen molar-refractivity contribution in [3.63, 3.8) is 0 Å². The predicted octanol–water partition coefficient (Wildman–Crippen LogP) is 2.33. The summed E-state index contributed by atoms with van der Waals surface area (Å²) in [4.78, 5) is 2.54. The van der Waals surface area contributed by atoms with E-state index < -0.39 is 0 Å². The fraction of sp³-hybridized carbons (Fsp3) is 0.600. The summed E-state index contributed by atoms with van der Waals surface area (Å²) >= 11 is 5.96. The summed E-state index contributed by atoms with van der Waals surface area (Å²) in [6.45, 7) is 0.616. The van der Waals surface area contributed by atoms with E-state index >= 15 is 0 Å². The molecular formula is C15H21ClN2O. The van der Waals surface area contributed by atoms with Crippen molar-refractivity contribution >= 4 is 11.6 Å². The second-order valence-corrected chi connectivity index (χ2v) is 6.20. The molecule has 3 atom stereocenters. The Kier molecular flexibility index (Phi) is 3.81. The van der Waals surface area contributed by atoms with Gasteiger partial charge in [0.2, 0.25) is 0 Å². The van der Waals surface area contributed by atoms with E-state index in [4.69, 9.17) is 17.3 Å². The zero-order valence-electron chi connectivity index (χ0n) is 11.0. The average molecular weight is 281 g/mol. The lowest BCUT2D eigenvalue weighted by Gasteiger charge is -2.42. The van der Waals surface area contributed by atoms with Gasteiger partial charge in [-0.25, -0.2) is 0 Å². The van der Waals surface area contributed by atoms with Gasteiger partial charge in [0.05, 0.1) is 6.10 Å². The van der Waals surface area contributed by atoms with E-state index in [1.165, 1.54) is 18.4 Å². The number of fused-ring (bicyclic) bond motifs is 2. The highest BCUT2D eigenvalue weighted by Gasteiger charge is 2.43. The van der Waals surface area contributed by atoms with Crippen LogP contribution in [-0.2, 0) is 0 Å². The van der Waals surface area contributed by atoms with Gasteiger partial charge in [-0.2, -0.15) is 0 Å². The van der Waals surface area contributed by atoms with Crippen LogP contribution in [0.2, 0.25) is 5.02 Å². The van der Waals surface area contributed by atoms with E-state index in [1.807, 2.05) is 12.1 Å². The molecule has 2 fully saturated rings. The fourth-order valence-corrected chi connectivity index (χ4v) is 3.93. The summed E-state index contributed by atoms with van der Waals surface area (Å²) < 4.78 is 0. The Hall–Kier alpha value is -0.610. The molecule has 2 saturated heterocycles. The summed E-state index contributed by atoms with van der Waals surface area (Å²) in [7, 11) is 0. The molecule has 2 bridgehead atoms. The van der Waals surface area contributed by atoms with Gasteiger partial charge in [0.15, 0.2) is 0 Å². The number of piperidine rings is 1. The molecule has 0 radical (unpaired) electrons. The predicted molar refractivity (Wildman–Crippen MR) is 77.1 cm³/mol. The highest BCUT2D eigenvalue weighted by molar-refractivity contribution is 6.30. The molecule has 2 aliphatic rings. The number of hydrogen-bond acceptors (Lipinski definition) is 3. The van der Waals surface area contributed by atoms with Crippen molar-refractivity contribution in [3.05, 3.63) is 34.9 Å². The van der Waals surface area contributed by atoms with Crippen LogP contribution in [0.25, 0.3) is 0 Å². The van der Waals surface area contributed by atoms with Crippen molar-refractivity contribution in [2.45, 2.75) is 49.9 Å². The molecule has 1 aromatic rings. The Bertz CT molecular complexity index is 422. The normalized spacial score (nSPS) is 32.5. The van der Waals surface area contributed by atoms with E-state index in [9.17, 15) is 5.11 Å². The molecule has 0 aromatic heterocycles. The van der Waals surface area contributed by atoms with Crippen LogP contribution in [0.4, 0.5) is 0 Å². The van der Waals surface area contributed by atoms with Crippen molar-refractivity contribution < 1.29 is 5.11 Å². The molecule has 0 spiro atoms. The Labute approximate surface area is 119 Å². The lowest BCUT2D eigenvalue weighted by molar-refractivity contribution is 0.0115. The molecule has 19 heavy (non-hydrogen) atoms. The largest absolute Gasteiger partial charge is 0.393 e. The van der Waals surface area contributed by atoms with Gasteiger partial charge in [-0.15, -0.1) is 0 Å². The quantitative estimate of drug-likeness (QED) is 0.893. The number of aliphatic hydroxyl groups excluding tert-OH is 1. The third-order valence-corrected chi connectivity index (χ3v) is 4.85. The van der Waals surface area contributed by atoms with Gasteiger partial charge in [0.25, 0.3) is 0 Å². The zero-order valence-corrected chi connectivity index (χ0v) is 11.8. The van der Waals surface area contributed by atoms with Crippen LogP contribution < -0.4 is 5.73 Å². The number of benzene rings is 1. The maximum atomic E-state index is 9.89. The first-order valence-electron chi connectivity index (χ1n) is 7.10. The first kappa shape index (κ1) is 13.4. The Morgan fingerprint density at radius 3 is 2.32 bits per heavy atom. The van der Waals surface area contributed by atoms with Gasteiger partial charge in [-0.3, -0.25) is 4.90 Å². The molecule has 0 saturated carbocycles. The zero-order chi connectivity index (χ0) is 13.4. The number of rotatable bonds is 3. The maximum Gasteiger partial charge on any atom is 0.0570 e. The minimum atomic E-state index is -0.127. The third kappa shape index (κ3) is 2.52. The standard InChI is InChI=1S/C15H21ClN2O/c16-11-3-1-10(2-4-11)15(9-17)18-12-5-6-13(18)8-14(19)7-12/h1-4,12-15,19H,5-9,17H2. The number of aliphatic hydroxyl groups is 1. The summed E-state index contributed by atoms with van der Waals surface area (Å²) in [5, 5.41) is 10.7. The molecule has 0 amide bonds. The molecule has 104 valence electrons. The van der Waals surface area contributed by atoms with E-state index in [1.54, 1.807) is 0 Å². The van der Waals surface area contributed by atoms with Crippen molar-refractivity contribution in [1.29, 1.82) is 0 Å². The summed E-state index contributed by atoms with van der Waals surface area (Å²) in [5.41, 5.74) is 7.26. The van der Waals surface area contributed by atoms with Gasteiger partial charge >= 0.3 is 0 Å². The van der Waals surface area contributed by atoms with Gasteiger partial charge in [0.1, 0.15) is 0 Å². The monoisotopic (exact) mass is 280 g/mol. The third-order valence-electron chi connectivity index (χ3n) is 4.60. The van der Waals surface area contributed by atoms with Crippen molar-refractivity contribution in [2.24, 2.45) is 5.73 Å². The molecular weight excluding hydrogens is 260 g/mol. The minimum Gasteiger partial charge on any atom is -0.393 e. The molecule has 1 aromatic carbocycles. The van der Waals surface area contributed by atoms with Crippen LogP contribution in [0.5, 0.6) is 0 Å². The molecule has 3 nitrogen and oxygen atoms in total. The second-order valence-electron chi connectivity index (χ2n) is 5.76. The van der Waals surface area contributed by atoms with E-state index in [0.717, 1.165) is 17.9 Å². The maximum absolute atomic E-state index is 9.89. The van der Waals surface area contributed by atoms with E-state index in [0.29, 0.717) is 18.6 Å². The smallest absolute Gasteiger partial charge is 0.0570 e. The molecule has 3 N–H and O–H groups in total. The SMILES string of the molecule is NCC(c1ccc(Cl)cc1)N1C2CCC1CC(O)C2. The molecule has 2 aliphatic heterocycles. The molecule has 4 heteroatoms. The van der Waals surface area contributed by atoms with E-state index in [2.05, 4.69) is 17.0 Å². The van der Waals surface area contributed by atoms with Crippen molar-refractivity contribution in [3.8, 4) is 0 Å². The average Bonchev–Trinajstić information content (AvgIpc) is 2.66. The fourth-order valence-electron chi connectivity index (χ4n) is 3.81. The van der Waals surface area contributed by atoms with Crippen LogP contribution >= 0.6 is 11.6 Å². The van der Waals surface area contributed by atoms with Crippen LogP contribution in [0.1, 0.15) is 37.3 Å². The Morgan fingerprint density at radius 2 is 1.79 bits per heavy atom. The summed E-state index contributed by atoms with van der Waals surface area (Å²) in [6, 6.07) is 9.23. The summed E-state index contributed by atoms with van der Waals surface area (Å²) in [5.74, 6) is 0. The number of nitrogens with zero attached hydrogens (tertiary/aromatic N) is 1. The molecule has 3 unspecified atom stereocenters. The second kappa shape index (κ2) is 5.41. The van der Waals surface area contributed by atoms with Gasteiger partial charge in [-0.05, 0) is 43.4 Å². The van der Waals surface area contributed by atoms with Gasteiger partial charge in [0, 0.05) is 29.7 Å². The number of halogens is 1. The highest BCUT2D eigenvalue weighted by atomic mass is 35.5.